The average molecular weight is 247 g/mol. The van der Waals surface area contributed by atoms with Gasteiger partial charge in [0.1, 0.15) is 5.75 Å². The molecule has 2 heteroatoms. The molecule has 100 valence electrons. The highest BCUT2D eigenvalue weighted by atomic mass is 16.5. The van der Waals surface area contributed by atoms with Gasteiger partial charge in [-0.3, -0.25) is 0 Å². The Morgan fingerprint density at radius 2 is 2.28 bits per heavy atom. The lowest BCUT2D eigenvalue weighted by atomic mass is 9.90. The minimum Gasteiger partial charge on any atom is -0.497 e. The van der Waals surface area contributed by atoms with E-state index in [1.54, 1.807) is 7.11 Å². The van der Waals surface area contributed by atoms with E-state index in [4.69, 9.17) is 4.74 Å². The first-order valence-corrected chi connectivity index (χ1v) is 7.19. The van der Waals surface area contributed by atoms with Crippen molar-refractivity contribution in [3.63, 3.8) is 0 Å². The molecule has 0 saturated carbocycles. The van der Waals surface area contributed by atoms with Crippen LogP contribution in [0.25, 0.3) is 0 Å². The lowest BCUT2D eigenvalue weighted by molar-refractivity contribution is 0.205. The topological polar surface area (TPSA) is 12.5 Å². The maximum atomic E-state index is 5.32. The number of likely N-dealkylation sites (tertiary alicyclic amines) is 1. The second-order valence-corrected chi connectivity index (χ2v) is 5.27. The molecule has 0 N–H and O–H groups in total. The van der Waals surface area contributed by atoms with Gasteiger partial charge in [-0.15, -0.1) is 0 Å². The van der Waals surface area contributed by atoms with E-state index in [0.717, 1.165) is 5.75 Å². The molecule has 1 atom stereocenters. The van der Waals surface area contributed by atoms with Gasteiger partial charge >= 0.3 is 0 Å². The first-order chi connectivity index (χ1) is 8.83. The van der Waals surface area contributed by atoms with Gasteiger partial charge in [0, 0.05) is 6.54 Å². The number of piperidine rings is 1. The highest BCUT2D eigenvalue weighted by Gasteiger charge is 2.20. The molecule has 1 aliphatic heterocycles. The molecule has 0 aliphatic carbocycles. The summed E-state index contributed by atoms with van der Waals surface area (Å²) >= 11 is 0. The summed E-state index contributed by atoms with van der Waals surface area (Å²) in [7, 11) is 1.74. The Hall–Kier alpha value is -1.02. The van der Waals surface area contributed by atoms with Gasteiger partial charge < -0.3 is 9.64 Å². The van der Waals surface area contributed by atoms with E-state index in [2.05, 4.69) is 30.0 Å². The molecule has 1 aliphatic rings. The second kappa shape index (κ2) is 6.79. The van der Waals surface area contributed by atoms with Crippen molar-refractivity contribution < 1.29 is 4.74 Å². The van der Waals surface area contributed by atoms with Crippen molar-refractivity contribution in [2.24, 2.45) is 0 Å². The molecule has 1 aromatic rings. The SMILES string of the molecule is CCCCN1CCCC(c2cccc(OC)c2)C1. The Labute approximate surface area is 111 Å². The molecule has 0 bridgehead atoms. The van der Waals surface area contributed by atoms with Gasteiger partial charge in [-0.1, -0.05) is 25.5 Å². The minimum absolute atomic E-state index is 0.686. The molecular weight excluding hydrogens is 222 g/mol. The maximum absolute atomic E-state index is 5.32. The van der Waals surface area contributed by atoms with Crippen LogP contribution in [0.2, 0.25) is 0 Å². The summed E-state index contributed by atoms with van der Waals surface area (Å²) in [6.07, 6.45) is 5.26. The van der Waals surface area contributed by atoms with Crippen molar-refractivity contribution in [3.8, 4) is 5.75 Å². The molecule has 1 unspecified atom stereocenters. The zero-order valence-corrected chi connectivity index (χ0v) is 11.7. The van der Waals surface area contributed by atoms with Crippen LogP contribution in [0.1, 0.15) is 44.1 Å². The second-order valence-electron chi connectivity index (χ2n) is 5.27. The molecular formula is C16H25NO. The Kier molecular flexibility index (Phi) is 5.06. The maximum Gasteiger partial charge on any atom is 0.119 e. The molecule has 0 aromatic heterocycles. The zero-order chi connectivity index (χ0) is 12.8. The predicted molar refractivity (Wildman–Crippen MR) is 76.3 cm³/mol. The first-order valence-electron chi connectivity index (χ1n) is 7.19. The largest absolute Gasteiger partial charge is 0.497 e. The predicted octanol–water partition coefficient (Wildman–Crippen LogP) is 3.67. The fourth-order valence-electron chi connectivity index (χ4n) is 2.81. The van der Waals surface area contributed by atoms with E-state index in [-0.39, 0.29) is 0 Å². The third kappa shape index (κ3) is 3.49. The smallest absolute Gasteiger partial charge is 0.119 e. The van der Waals surface area contributed by atoms with Crippen molar-refractivity contribution >= 4 is 0 Å². The summed E-state index contributed by atoms with van der Waals surface area (Å²) in [4.78, 5) is 2.62. The summed E-state index contributed by atoms with van der Waals surface area (Å²) in [5, 5.41) is 0. The number of unbranched alkanes of at least 4 members (excludes halogenated alkanes) is 1. The summed E-state index contributed by atoms with van der Waals surface area (Å²) in [6.45, 7) is 6.02. The van der Waals surface area contributed by atoms with E-state index in [0.29, 0.717) is 5.92 Å². The van der Waals surface area contributed by atoms with Crippen LogP contribution in [0, 0.1) is 0 Å². The number of hydrogen-bond acceptors (Lipinski definition) is 2. The van der Waals surface area contributed by atoms with Gasteiger partial charge in [-0.05, 0) is 56.0 Å². The van der Waals surface area contributed by atoms with Crippen LogP contribution in [0.3, 0.4) is 0 Å². The monoisotopic (exact) mass is 247 g/mol. The lowest BCUT2D eigenvalue weighted by Crippen LogP contribution is -2.35. The molecule has 1 heterocycles. The van der Waals surface area contributed by atoms with Crippen LogP contribution >= 0.6 is 0 Å². The number of methoxy groups -OCH3 is 1. The molecule has 1 saturated heterocycles. The van der Waals surface area contributed by atoms with Gasteiger partial charge in [0.05, 0.1) is 7.11 Å². The zero-order valence-electron chi connectivity index (χ0n) is 11.7. The third-order valence-electron chi connectivity index (χ3n) is 3.90. The quantitative estimate of drug-likeness (QED) is 0.787. The first kappa shape index (κ1) is 13.4. The Morgan fingerprint density at radius 1 is 1.39 bits per heavy atom. The lowest BCUT2D eigenvalue weighted by Gasteiger charge is -2.33. The van der Waals surface area contributed by atoms with Gasteiger partial charge in [0.15, 0.2) is 0 Å². The summed E-state index contributed by atoms with van der Waals surface area (Å²) in [6, 6.07) is 8.59. The van der Waals surface area contributed by atoms with Crippen LogP contribution in [-0.2, 0) is 0 Å². The molecule has 18 heavy (non-hydrogen) atoms. The van der Waals surface area contributed by atoms with Crippen molar-refractivity contribution in [2.75, 3.05) is 26.7 Å². The molecule has 2 nitrogen and oxygen atoms in total. The van der Waals surface area contributed by atoms with Crippen molar-refractivity contribution in [2.45, 2.75) is 38.5 Å². The van der Waals surface area contributed by atoms with Gasteiger partial charge in [-0.2, -0.15) is 0 Å². The van der Waals surface area contributed by atoms with Crippen LogP contribution in [0.4, 0.5) is 0 Å². The van der Waals surface area contributed by atoms with Crippen molar-refractivity contribution in [1.82, 2.24) is 4.90 Å². The number of ether oxygens (including phenoxy) is 1. The Balaban J connectivity index is 1.98. The standard InChI is InChI=1S/C16H25NO/c1-3-4-10-17-11-6-8-15(13-17)14-7-5-9-16(12-14)18-2/h5,7,9,12,15H,3-4,6,8,10-11,13H2,1-2H3. The van der Waals surface area contributed by atoms with Crippen LogP contribution in [0.5, 0.6) is 5.75 Å². The highest BCUT2D eigenvalue weighted by molar-refractivity contribution is 5.31. The Morgan fingerprint density at radius 3 is 3.06 bits per heavy atom. The molecule has 0 amide bonds. The van der Waals surface area contributed by atoms with Gasteiger partial charge in [0.2, 0.25) is 0 Å². The highest BCUT2D eigenvalue weighted by Crippen LogP contribution is 2.29. The molecule has 2 rings (SSSR count). The summed E-state index contributed by atoms with van der Waals surface area (Å²) in [5.41, 5.74) is 1.44. The van der Waals surface area contributed by atoms with E-state index in [1.165, 1.54) is 50.9 Å². The third-order valence-corrected chi connectivity index (χ3v) is 3.90. The van der Waals surface area contributed by atoms with Crippen molar-refractivity contribution in [3.05, 3.63) is 29.8 Å². The average Bonchev–Trinajstić information content (AvgIpc) is 2.45. The van der Waals surface area contributed by atoms with Crippen molar-refractivity contribution in [1.29, 1.82) is 0 Å². The summed E-state index contributed by atoms with van der Waals surface area (Å²) in [5.74, 6) is 1.67. The Bertz CT molecular complexity index is 364. The summed E-state index contributed by atoms with van der Waals surface area (Å²) < 4.78 is 5.32. The molecule has 0 radical (unpaired) electrons. The normalized spacial score (nSPS) is 20.9. The van der Waals surface area contributed by atoms with E-state index < -0.39 is 0 Å². The molecule has 1 fully saturated rings. The number of hydrogen-bond donors (Lipinski definition) is 0. The van der Waals surface area contributed by atoms with E-state index >= 15 is 0 Å². The van der Waals surface area contributed by atoms with Crippen LogP contribution in [-0.4, -0.2) is 31.6 Å². The van der Waals surface area contributed by atoms with Crippen LogP contribution in [0.15, 0.2) is 24.3 Å². The van der Waals surface area contributed by atoms with E-state index in [9.17, 15) is 0 Å². The fourth-order valence-corrected chi connectivity index (χ4v) is 2.81. The fraction of sp³-hybridized carbons (Fsp3) is 0.625. The van der Waals surface area contributed by atoms with Crippen LogP contribution < -0.4 is 4.74 Å². The minimum atomic E-state index is 0.686. The molecule has 0 spiro atoms. The van der Waals surface area contributed by atoms with Gasteiger partial charge in [0.25, 0.3) is 0 Å². The number of benzene rings is 1. The number of nitrogens with zero attached hydrogens (tertiary/aromatic N) is 1. The van der Waals surface area contributed by atoms with Gasteiger partial charge in [-0.25, -0.2) is 0 Å². The number of rotatable bonds is 5. The molecule has 1 aromatic carbocycles. The van der Waals surface area contributed by atoms with E-state index in [1.807, 2.05) is 6.07 Å².